The van der Waals surface area contributed by atoms with Gasteiger partial charge in [-0.05, 0) is 29.8 Å². The monoisotopic (exact) mass is 407 g/mol. The number of alkyl halides is 3. The van der Waals surface area contributed by atoms with Crippen LogP contribution in [0.1, 0.15) is 5.69 Å². The summed E-state index contributed by atoms with van der Waals surface area (Å²) in [6.45, 7) is 0. The van der Waals surface area contributed by atoms with Gasteiger partial charge in [0.05, 0.1) is 11.3 Å². The average molecular weight is 408 g/mol. The van der Waals surface area contributed by atoms with E-state index in [1.807, 2.05) is 0 Å². The lowest BCUT2D eigenvalue weighted by atomic mass is 10.1. The molecule has 0 radical (unpaired) electrons. The summed E-state index contributed by atoms with van der Waals surface area (Å²) in [6, 6.07) is 12.0. The highest BCUT2D eigenvalue weighted by Crippen LogP contribution is 2.38. The van der Waals surface area contributed by atoms with Crippen LogP contribution in [0.3, 0.4) is 0 Å². The first-order chi connectivity index (χ1) is 13.2. The predicted molar refractivity (Wildman–Crippen MR) is 96.7 cm³/mol. The van der Waals surface area contributed by atoms with Crippen LogP contribution in [0.2, 0.25) is 5.02 Å². The summed E-state index contributed by atoms with van der Waals surface area (Å²) in [7, 11) is 0. The number of hydrogen-bond donors (Lipinski definition) is 1. The molecular formula is C19H10ClF4N3O. The molecule has 0 bridgehead atoms. The number of halogens is 5. The molecule has 2 heterocycles. The first-order valence-electron chi connectivity index (χ1n) is 7.99. The lowest BCUT2D eigenvalue weighted by molar-refractivity contribution is -0.140. The largest absolute Gasteiger partial charge is 0.433 e. The number of aromatic nitrogens is 3. The fourth-order valence-electron chi connectivity index (χ4n) is 2.90. The summed E-state index contributed by atoms with van der Waals surface area (Å²) in [5.41, 5.74) is -1.61. The zero-order valence-corrected chi connectivity index (χ0v) is 14.6. The highest BCUT2D eigenvalue weighted by Gasteiger charge is 2.38. The summed E-state index contributed by atoms with van der Waals surface area (Å²) < 4.78 is 54.7. The second-order valence-corrected chi connectivity index (χ2v) is 6.45. The minimum atomic E-state index is -4.77. The maximum Gasteiger partial charge on any atom is 0.433 e. The number of fused-ring (bicyclic) bond motifs is 1. The third-order valence-electron chi connectivity index (χ3n) is 4.17. The first kappa shape index (κ1) is 18.2. The van der Waals surface area contributed by atoms with Crippen LogP contribution in [0.5, 0.6) is 0 Å². The fourth-order valence-corrected chi connectivity index (χ4v) is 3.03. The fraction of sp³-hybridized carbons (Fsp3) is 0.0526. The van der Waals surface area contributed by atoms with Gasteiger partial charge in [0.25, 0.3) is 5.56 Å². The zero-order valence-electron chi connectivity index (χ0n) is 13.9. The van der Waals surface area contributed by atoms with Crippen LogP contribution < -0.4 is 5.56 Å². The third-order valence-corrected chi connectivity index (χ3v) is 4.42. The van der Waals surface area contributed by atoms with Crippen molar-refractivity contribution in [1.82, 2.24) is 14.6 Å². The molecule has 0 amide bonds. The van der Waals surface area contributed by atoms with Gasteiger partial charge in [0.1, 0.15) is 11.5 Å². The third kappa shape index (κ3) is 3.16. The molecule has 142 valence electrons. The van der Waals surface area contributed by atoms with E-state index in [1.165, 1.54) is 12.1 Å². The van der Waals surface area contributed by atoms with Crippen molar-refractivity contribution in [2.45, 2.75) is 6.18 Å². The Balaban J connectivity index is 2.05. The lowest BCUT2D eigenvalue weighted by Crippen LogP contribution is -2.15. The SMILES string of the molecule is O=c1cc(-c2ccc(Cl)cc2)nc2c(-c3ccc(F)cc3)c(C(F)(F)F)[nH]n12. The van der Waals surface area contributed by atoms with Gasteiger partial charge in [-0.25, -0.2) is 13.9 Å². The molecule has 0 aliphatic carbocycles. The van der Waals surface area contributed by atoms with E-state index in [9.17, 15) is 22.4 Å². The number of benzene rings is 2. The Labute approximate surface area is 160 Å². The van der Waals surface area contributed by atoms with Gasteiger partial charge < -0.3 is 0 Å². The Bertz CT molecular complexity index is 1230. The van der Waals surface area contributed by atoms with Gasteiger partial charge in [0.15, 0.2) is 5.65 Å². The summed E-state index contributed by atoms with van der Waals surface area (Å²) in [6.07, 6.45) is -4.77. The van der Waals surface area contributed by atoms with Crippen LogP contribution in [-0.2, 0) is 6.18 Å². The van der Waals surface area contributed by atoms with Crippen molar-refractivity contribution in [1.29, 1.82) is 0 Å². The van der Waals surface area contributed by atoms with Gasteiger partial charge in [0.2, 0.25) is 0 Å². The number of aromatic amines is 1. The second-order valence-electron chi connectivity index (χ2n) is 6.01. The predicted octanol–water partition coefficient (Wildman–Crippen LogP) is 5.17. The van der Waals surface area contributed by atoms with E-state index in [1.54, 1.807) is 24.3 Å². The van der Waals surface area contributed by atoms with Crippen molar-refractivity contribution in [2.75, 3.05) is 0 Å². The standard InChI is InChI=1S/C19H10ClF4N3O/c20-12-5-1-10(2-6-12)14-9-15(28)27-18(25-14)16(17(26-27)19(22,23)24)11-3-7-13(21)8-4-11/h1-9,26H. The van der Waals surface area contributed by atoms with E-state index >= 15 is 0 Å². The minimum Gasteiger partial charge on any atom is -0.284 e. The minimum absolute atomic E-state index is 0.0765. The smallest absolute Gasteiger partial charge is 0.284 e. The van der Waals surface area contributed by atoms with E-state index < -0.39 is 23.2 Å². The Morgan fingerprint density at radius 2 is 1.57 bits per heavy atom. The molecule has 0 saturated heterocycles. The molecule has 0 unspecified atom stereocenters. The molecule has 0 aliphatic rings. The van der Waals surface area contributed by atoms with Gasteiger partial charge in [-0.2, -0.15) is 13.2 Å². The molecular weight excluding hydrogens is 398 g/mol. The van der Waals surface area contributed by atoms with Crippen molar-refractivity contribution in [2.24, 2.45) is 0 Å². The molecule has 4 aromatic rings. The molecule has 4 nitrogen and oxygen atoms in total. The summed E-state index contributed by atoms with van der Waals surface area (Å²) in [5, 5.41) is 2.54. The molecule has 1 N–H and O–H groups in total. The Morgan fingerprint density at radius 3 is 2.18 bits per heavy atom. The Morgan fingerprint density at radius 1 is 0.964 bits per heavy atom. The molecule has 2 aromatic heterocycles. The quantitative estimate of drug-likeness (QED) is 0.466. The van der Waals surface area contributed by atoms with E-state index in [0.717, 1.165) is 22.7 Å². The highest BCUT2D eigenvalue weighted by atomic mass is 35.5. The molecule has 4 rings (SSSR count). The van der Waals surface area contributed by atoms with Crippen LogP contribution in [0.4, 0.5) is 17.6 Å². The van der Waals surface area contributed by atoms with Gasteiger partial charge in [-0.1, -0.05) is 35.9 Å². The molecule has 0 saturated carbocycles. The molecule has 28 heavy (non-hydrogen) atoms. The maximum atomic E-state index is 13.6. The van der Waals surface area contributed by atoms with Crippen molar-refractivity contribution in [3.05, 3.63) is 81.5 Å². The van der Waals surface area contributed by atoms with Crippen molar-refractivity contribution in [3.8, 4) is 22.4 Å². The number of H-pyrrole nitrogens is 1. The molecule has 9 heteroatoms. The van der Waals surface area contributed by atoms with Crippen molar-refractivity contribution >= 4 is 17.2 Å². The summed E-state index contributed by atoms with van der Waals surface area (Å²) in [5.74, 6) is -0.593. The second kappa shape index (κ2) is 6.49. The Hall–Kier alpha value is -3.13. The first-order valence-corrected chi connectivity index (χ1v) is 8.37. The number of nitrogens with one attached hydrogen (secondary N) is 1. The van der Waals surface area contributed by atoms with Crippen LogP contribution >= 0.6 is 11.6 Å². The molecule has 0 atom stereocenters. The average Bonchev–Trinajstić information content (AvgIpc) is 3.03. The van der Waals surface area contributed by atoms with Gasteiger partial charge in [0, 0.05) is 16.7 Å². The van der Waals surface area contributed by atoms with Crippen molar-refractivity contribution in [3.63, 3.8) is 0 Å². The van der Waals surface area contributed by atoms with E-state index in [-0.39, 0.29) is 22.5 Å². The van der Waals surface area contributed by atoms with Gasteiger partial charge in [-0.3, -0.25) is 9.89 Å². The van der Waals surface area contributed by atoms with Crippen LogP contribution in [-0.4, -0.2) is 14.6 Å². The number of hydrogen-bond acceptors (Lipinski definition) is 2. The van der Waals surface area contributed by atoms with E-state index in [2.05, 4.69) is 10.1 Å². The van der Waals surface area contributed by atoms with E-state index in [4.69, 9.17) is 11.6 Å². The van der Waals surface area contributed by atoms with E-state index in [0.29, 0.717) is 10.6 Å². The highest BCUT2D eigenvalue weighted by molar-refractivity contribution is 6.30. The normalized spacial score (nSPS) is 11.9. The summed E-state index contributed by atoms with van der Waals surface area (Å²) in [4.78, 5) is 16.7. The van der Waals surface area contributed by atoms with Gasteiger partial charge >= 0.3 is 6.18 Å². The number of rotatable bonds is 2. The molecule has 0 spiro atoms. The zero-order chi connectivity index (χ0) is 20.1. The topological polar surface area (TPSA) is 50.2 Å². The molecule has 0 aliphatic heterocycles. The van der Waals surface area contributed by atoms with Crippen LogP contribution in [0.15, 0.2) is 59.4 Å². The number of nitrogens with zero attached hydrogens (tertiary/aromatic N) is 2. The van der Waals surface area contributed by atoms with Gasteiger partial charge in [-0.15, -0.1) is 0 Å². The van der Waals surface area contributed by atoms with Crippen molar-refractivity contribution < 1.29 is 17.6 Å². The molecule has 2 aromatic carbocycles. The summed E-state index contributed by atoms with van der Waals surface area (Å²) >= 11 is 5.85. The Kier molecular flexibility index (Phi) is 4.23. The van der Waals surface area contributed by atoms with Crippen LogP contribution in [0.25, 0.3) is 28.0 Å². The lowest BCUT2D eigenvalue weighted by Gasteiger charge is -2.07. The molecule has 0 fully saturated rings. The maximum absolute atomic E-state index is 13.6. The van der Waals surface area contributed by atoms with Crippen LogP contribution in [0, 0.1) is 5.82 Å².